The van der Waals surface area contributed by atoms with Crippen LogP contribution in [0.5, 0.6) is 5.75 Å². The molecule has 96 valence electrons. The smallest absolute Gasteiger partial charge is 0.119 e. The number of nitrogens with two attached hydrogens (primary N) is 1. The van der Waals surface area contributed by atoms with Crippen LogP contribution in [0.3, 0.4) is 0 Å². The maximum Gasteiger partial charge on any atom is 0.119 e. The third kappa shape index (κ3) is 5.71. The summed E-state index contributed by atoms with van der Waals surface area (Å²) in [6.45, 7) is 6.06. The summed E-state index contributed by atoms with van der Waals surface area (Å²) >= 11 is 0. The summed E-state index contributed by atoms with van der Waals surface area (Å²) in [7, 11) is 0. The number of hydrogen-bond donors (Lipinski definition) is 1. The van der Waals surface area contributed by atoms with Crippen molar-refractivity contribution in [2.75, 3.05) is 19.8 Å². The van der Waals surface area contributed by atoms with E-state index >= 15 is 0 Å². The molecule has 1 atom stereocenters. The van der Waals surface area contributed by atoms with Crippen LogP contribution in [0, 0.1) is 0 Å². The van der Waals surface area contributed by atoms with E-state index in [2.05, 4.69) is 19.1 Å². The molecule has 1 aromatic rings. The van der Waals surface area contributed by atoms with Gasteiger partial charge in [0.1, 0.15) is 12.4 Å². The van der Waals surface area contributed by atoms with Gasteiger partial charge in [-0.3, -0.25) is 0 Å². The highest BCUT2D eigenvalue weighted by Gasteiger charge is 2.01. The van der Waals surface area contributed by atoms with Crippen molar-refractivity contribution in [1.82, 2.24) is 0 Å². The van der Waals surface area contributed by atoms with Crippen LogP contribution in [0.1, 0.15) is 25.8 Å². The molecule has 0 aliphatic carbocycles. The van der Waals surface area contributed by atoms with Crippen molar-refractivity contribution in [3.63, 3.8) is 0 Å². The molecule has 1 unspecified atom stereocenters. The van der Waals surface area contributed by atoms with Gasteiger partial charge in [-0.2, -0.15) is 0 Å². The van der Waals surface area contributed by atoms with E-state index in [0.717, 1.165) is 25.2 Å². The Morgan fingerprint density at radius 2 is 1.82 bits per heavy atom. The average molecular weight is 237 g/mol. The van der Waals surface area contributed by atoms with Crippen LogP contribution in [0.15, 0.2) is 24.3 Å². The van der Waals surface area contributed by atoms with Crippen molar-refractivity contribution >= 4 is 0 Å². The minimum Gasteiger partial charge on any atom is -0.491 e. The fourth-order valence-electron chi connectivity index (χ4n) is 1.53. The Balaban J connectivity index is 2.34. The Morgan fingerprint density at radius 1 is 1.12 bits per heavy atom. The highest BCUT2D eigenvalue weighted by atomic mass is 16.5. The minimum absolute atomic E-state index is 0.250. The van der Waals surface area contributed by atoms with Crippen LogP contribution in [0.25, 0.3) is 0 Å². The molecule has 0 spiro atoms. The van der Waals surface area contributed by atoms with E-state index in [9.17, 15) is 0 Å². The van der Waals surface area contributed by atoms with Gasteiger partial charge in [0.2, 0.25) is 0 Å². The highest BCUT2D eigenvalue weighted by Crippen LogP contribution is 2.13. The molecule has 2 N–H and O–H groups in total. The second-order valence-electron chi connectivity index (χ2n) is 4.06. The summed E-state index contributed by atoms with van der Waals surface area (Å²) in [5.74, 6) is 0.888. The third-order valence-electron chi connectivity index (χ3n) is 2.65. The van der Waals surface area contributed by atoms with E-state index in [0.29, 0.717) is 13.2 Å². The molecule has 1 aromatic carbocycles. The predicted octanol–water partition coefficient (Wildman–Crippen LogP) is 2.38. The van der Waals surface area contributed by atoms with Gasteiger partial charge in [-0.1, -0.05) is 19.1 Å². The molecule has 17 heavy (non-hydrogen) atoms. The average Bonchev–Trinajstić information content (AvgIpc) is 2.36. The lowest BCUT2D eigenvalue weighted by Crippen LogP contribution is -2.21. The Kier molecular flexibility index (Phi) is 6.67. The second kappa shape index (κ2) is 8.09. The molecule has 0 fully saturated rings. The predicted molar refractivity (Wildman–Crippen MR) is 70.4 cm³/mol. The summed E-state index contributed by atoms with van der Waals surface area (Å²) in [5.41, 5.74) is 7.17. The lowest BCUT2D eigenvalue weighted by atomic mass is 10.0. The second-order valence-corrected chi connectivity index (χ2v) is 4.06. The van der Waals surface area contributed by atoms with Gasteiger partial charge in [-0.25, -0.2) is 0 Å². The van der Waals surface area contributed by atoms with Gasteiger partial charge in [0.05, 0.1) is 6.61 Å². The van der Waals surface area contributed by atoms with Crippen molar-refractivity contribution in [2.24, 2.45) is 5.73 Å². The zero-order valence-corrected chi connectivity index (χ0v) is 10.8. The van der Waals surface area contributed by atoms with E-state index in [1.54, 1.807) is 0 Å². The lowest BCUT2D eigenvalue weighted by Gasteiger charge is -2.10. The van der Waals surface area contributed by atoms with E-state index in [-0.39, 0.29) is 6.04 Å². The fourth-order valence-corrected chi connectivity index (χ4v) is 1.53. The van der Waals surface area contributed by atoms with Crippen LogP contribution < -0.4 is 10.5 Å². The molecule has 0 saturated carbocycles. The van der Waals surface area contributed by atoms with Crippen molar-refractivity contribution < 1.29 is 9.47 Å². The maximum absolute atomic E-state index is 5.91. The normalized spacial score (nSPS) is 12.4. The monoisotopic (exact) mass is 237 g/mol. The molecule has 0 aromatic heterocycles. The molecule has 1 rings (SSSR count). The van der Waals surface area contributed by atoms with Gasteiger partial charge >= 0.3 is 0 Å². The summed E-state index contributed by atoms with van der Waals surface area (Å²) in [4.78, 5) is 0. The summed E-state index contributed by atoms with van der Waals surface area (Å²) in [6.07, 6.45) is 1.93. The number of rotatable bonds is 8. The first kappa shape index (κ1) is 14.0. The fraction of sp³-hybridized carbons (Fsp3) is 0.571. The molecule has 0 saturated heterocycles. The zero-order valence-electron chi connectivity index (χ0n) is 10.8. The molecule has 0 amide bonds. The molecule has 0 radical (unpaired) electrons. The minimum atomic E-state index is 0.250. The Morgan fingerprint density at radius 3 is 2.41 bits per heavy atom. The van der Waals surface area contributed by atoms with E-state index in [1.807, 2.05) is 19.1 Å². The first-order valence-corrected chi connectivity index (χ1v) is 6.31. The molecule has 0 aliphatic heterocycles. The van der Waals surface area contributed by atoms with Gasteiger partial charge in [0.25, 0.3) is 0 Å². The molecule has 3 heteroatoms. The first-order chi connectivity index (χ1) is 8.26. The third-order valence-corrected chi connectivity index (χ3v) is 2.65. The van der Waals surface area contributed by atoms with Crippen LogP contribution >= 0.6 is 0 Å². The standard InChI is InChI=1S/C14H23NO2/c1-3-13(15)11-12-5-7-14(8-6-12)17-10-9-16-4-2/h5-8,13H,3-4,9-11,15H2,1-2H3. The highest BCUT2D eigenvalue weighted by molar-refractivity contribution is 5.27. The maximum atomic E-state index is 5.91. The van der Waals surface area contributed by atoms with E-state index in [4.69, 9.17) is 15.2 Å². The van der Waals surface area contributed by atoms with Gasteiger partial charge in [-0.15, -0.1) is 0 Å². The van der Waals surface area contributed by atoms with Crippen LogP contribution in [-0.4, -0.2) is 25.9 Å². The van der Waals surface area contributed by atoms with Crippen LogP contribution in [0.4, 0.5) is 0 Å². The quantitative estimate of drug-likeness (QED) is 0.706. The van der Waals surface area contributed by atoms with Crippen molar-refractivity contribution in [3.8, 4) is 5.75 Å². The Labute approximate surface area is 104 Å². The number of ether oxygens (including phenoxy) is 2. The summed E-state index contributed by atoms with van der Waals surface area (Å²) in [5, 5.41) is 0. The number of hydrogen-bond acceptors (Lipinski definition) is 3. The van der Waals surface area contributed by atoms with Crippen LogP contribution in [-0.2, 0) is 11.2 Å². The first-order valence-electron chi connectivity index (χ1n) is 6.31. The molecular formula is C14H23NO2. The molecular weight excluding hydrogens is 214 g/mol. The number of benzene rings is 1. The molecule has 0 heterocycles. The molecule has 3 nitrogen and oxygen atoms in total. The van der Waals surface area contributed by atoms with Gasteiger partial charge < -0.3 is 15.2 Å². The van der Waals surface area contributed by atoms with E-state index in [1.165, 1.54) is 5.56 Å². The van der Waals surface area contributed by atoms with Crippen molar-refractivity contribution in [1.29, 1.82) is 0 Å². The van der Waals surface area contributed by atoms with Gasteiger partial charge in [0, 0.05) is 12.6 Å². The topological polar surface area (TPSA) is 44.5 Å². The van der Waals surface area contributed by atoms with E-state index < -0.39 is 0 Å². The van der Waals surface area contributed by atoms with Crippen LogP contribution in [0.2, 0.25) is 0 Å². The Hall–Kier alpha value is -1.06. The summed E-state index contributed by atoms with van der Waals surface area (Å²) < 4.78 is 10.7. The van der Waals surface area contributed by atoms with Gasteiger partial charge in [0.15, 0.2) is 0 Å². The lowest BCUT2D eigenvalue weighted by molar-refractivity contribution is 0.110. The van der Waals surface area contributed by atoms with Crippen molar-refractivity contribution in [3.05, 3.63) is 29.8 Å². The van der Waals surface area contributed by atoms with Gasteiger partial charge in [-0.05, 0) is 37.5 Å². The summed E-state index contributed by atoms with van der Waals surface area (Å²) in [6, 6.07) is 8.38. The Bertz CT molecular complexity index is 298. The SMILES string of the molecule is CCOCCOc1ccc(CC(N)CC)cc1. The van der Waals surface area contributed by atoms with Crippen molar-refractivity contribution in [2.45, 2.75) is 32.7 Å². The molecule has 0 bridgehead atoms. The largest absolute Gasteiger partial charge is 0.491 e. The zero-order chi connectivity index (χ0) is 12.5. The molecule has 0 aliphatic rings.